The van der Waals surface area contributed by atoms with Crippen LogP contribution in [0.3, 0.4) is 0 Å². The van der Waals surface area contributed by atoms with E-state index in [1.807, 2.05) is 0 Å². The molecule has 0 fully saturated rings. The number of nitro groups is 1. The second-order valence-corrected chi connectivity index (χ2v) is 4.80. The first-order chi connectivity index (χ1) is 7.40. The van der Waals surface area contributed by atoms with Gasteiger partial charge in [0.2, 0.25) is 10.0 Å². The van der Waals surface area contributed by atoms with Crippen LogP contribution in [0.25, 0.3) is 0 Å². The molecule has 0 saturated heterocycles. The first kappa shape index (κ1) is 12.4. The molecule has 1 aromatic carbocycles. The van der Waals surface area contributed by atoms with Crippen molar-refractivity contribution < 1.29 is 13.3 Å². The Hall–Kier alpha value is -1.67. The smallest absolute Gasteiger partial charge is 0.292 e. The van der Waals surface area contributed by atoms with Gasteiger partial charge < -0.3 is 5.32 Å². The highest BCUT2D eigenvalue weighted by Crippen LogP contribution is 2.22. The molecule has 0 amide bonds. The lowest BCUT2D eigenvalue weighted by atomic mass is 10.2. The number of anilines is 1. The maximum atomic E-state index is 10.6. The van der Waals surface area contributed by atoms with Gasteiger partial charge in [0.1, 0.15) is 5.69 Å². The van der Waals surface area contributed by atoms with Crippen molar-refractivity contribution >= 4 is 21.4 Å². The molecular weight excluding hydrogens is 234 g/mol. The molecule has 0 bridgehead atoms. The Labute approximate surface area is 92.5 Å². The summed E-state index contributed by atoms with van der Waals surface area (Å²) in [4.78, 5) is 10.1. The van der Waals surface area contributed by atoms with Crippen LogP contribution in [0, 0.1) is 10.1 Å². The van der Waals surface area contributed by atoms with Crippen molar-refractivity contribution in [1.29, 1.82) is 0 Å². The number of hydrogen-bond acceptors (Lipinski definition) is 5. The lowest BCUT2D eigenvalue weighted by Gasteiger charge is -2.05. The maximum absolute atomic E-state index is 10.6. The third-order valence-electron chi connectivity index (χ3n) is 1.80. The number of nitrogens with zero attached hydrogens (tertiary/aromatic N) is 1. The van der Waals surface area contributed by atoms with E-state index in [4.69, 9.17) is 5.14 Å². The Bertz CT molecular complexity index is 486. The van der Waals surface area contributed by atoms with Gasteiger partial charge in [0.25, 0.3) is 5.69 Å². The van der Waals surface area contributed by atoms with Crippen molar-refractivity contribution in [3.8, 4) is 0 Å². The minimum atomic E-state index is -3.56. The largest absolute Gasteiger partial charge is 0.378 e. The SMILES string of the molecule is NS(=O)(=O)CCNc1ccccc1[N+](=O)[O-]. The molecule has 0 radical (unpaired) electrons. The topological polar surface area (TPSA) is 115 Å². The van der Waals surface area contributed by atoms with Crippen LogP contribution in [-0.2, 0) is 10.0 Å². The van der Waals surface area contributed by atoms with Crippen molar-refractivity contribution in [1.82, 2.24) is 0 Å². The maximum Gasteiger partial charge on any atom is 0.292 e. The number of primary sulfonamides is 1. The Morgan fingerprint density at radius 1 is 1.38 bits per heavy atom. The standard InChI is InChI=1S/C8H11N3O4S/c9-16(14,15)6-5-10-7-3-1-2-4-8(7)11(12)13/h1-4,10H,5-6H2,(H2,9,14,15). The van der Waals surface area contributed by atoms with Gasteiger partial charge in [0.05, 0.1) is 10.7 Å². The zero-order valence-corrected chi connectivity index (χ0v) is 9.11. The van der Waals surface area contributed by atoms with E-state index in [2.05, 4.69) is 5.32 Å². The van der Waals surface area contributed by atoms with Crippen LogP contribution >= 0.6 is 0 Å². The van der Waals surface area contributed by atoms with E-state index in [0.717, 1.165) is 0 Å². The van der Waals surface area contributed by atoms with Gasteiger partial charge in [-0.05, 0) is 6.07 Å². The van der Waals surface area contributed by atoms with Crippen molar-refractivity contribution in [2.24, 2.45) is 5.14 Å². The molecule has 0 aliphatic heterocycles. The summed E-state index contributed by atoms with van der Waals surface area (Å²) in [5.74, 6) is -0.279. The Balaban J connectivity index is 2.71. The lowest BCUT2D eigenvalue weighted by Crippen LogP contribution is -2.22. The predicted octanol–water partition coefficient (Wildman–Crippen LogP) is 0.295. The van der Waals surface area contributed by atoms with E-state index in [0.29, 0.717) is 0 Å². The van der Waals surface area contributed by atoms with Gasteiger partial charge >= 0.3 is 0 Å². The van der Waals surface area contributed by atoms with Crippen molar-refractivity contribution in [3.05, 3.63) is 34.4 Å². The summed E-state index contributed by atoms with van der Waals surface area (Å²) in [5.41, 5.74) is 0.174. The fourth-order valence-electron chi connectivity index (χ4n) is 1.11. The molecule has 0 spiro atoms. The third-order valence-corrected chi connectivity index (χ3v) is 2.58. The van der Waals surface area contributed by atoms with Crippen molar-refractivity contribution in [2.45, 2.75) is 0 Å². The first-order valence-electron chi connectivity index (χ1n) is 4.38. The van der Waals surface area contributed by atoms with E-state index in [9.17, 15) is 18.5 Å². The molecule has 1 aromatic rings. The highest BCUT2D eigenvalue weighted by atomic mass is 32.2. The Morgan fingerprint density at radius 2 is 2.00 bits per heavy atom. The summed E-state index contributed by atoms with van der Waals surface area (Å²) in [6.07, 6.45) is 0. The highest BCUT2D eigenvalue weighted by Gasteiger charge is 2.12. The van der Waals surface area contributed by atoms with Gasteiger partial charge in [0, 0.05) is 12.6 Å². The second-order valence-electron chi connectivity index (χ2n) is 3.07. The summed E-state index contributed by atoms with van der Waals surface area (Å²) in [5, 5.41) is 18.1. The van der Waals surface area contributed by atoms with Gasteiger partial charge in [-0.1, -0.05) is 12.1 Å². The fourth-order valence-corrected chi connectivity index (χ4v) is 1.50. The molecule has 0 saturated carbocycles. The van der Waals surface area contributed by atoms with Crippen LogP contribution in [0.4, 0.5) is 11.4 Å². The molecule has 0 aliphatic rings. The monoisotopic (exact) mass is 245 g/mol. The lowest BCUT2D eigenvalue weighted by molar-refractivity contribution is -0.384. The van der Waals surface area contributed by atoms with Crippen molar-refractivity contribution in [2.75, 3.05) is 17.6 Å². The normalized spacial score (nSPS) is 11.1. The van der Waals surface area contributed by atoms with Crippen LogP contribution < -0.4 is 10.5 Å². The van der Waals surface area contributed by atoms with Crippen molar-refractivity contribution in [3.63, 3.8) is 0 Å². The molecule has 7 nitrogen and oxygen atoms in total. The number of rotatable bonds is 5. The molecule has 0 heterocycles. The van der Waals surface area contributed by atoms with Gasteiger partial charge in [-0.3, -0.25) is 10.1 Å². The average molecular weight is 245 g/mol. The van der Waals surface area contributed by atoms with E-state index < -0.39 is 14.9 Å². The molecule has 1 rings (SSSR count). The first-order valence-corrected chi connectivity index (χ1v) is 6.09. The summed E-state index contributed by atoms with van der Waals surface area (Å²) in [7, 11) is -3.56. The summed E-state index contributed by atoms with van der Waals surface area (Å²) < 4.78 is 21.3. The van der Waals surface area contributed by atoms with E-state index in [1.54, 1.807) is 6.07 Å². The molecule has 16 heavy (non-hydrogen) atoms. The highest BCUT2D eigenvalue weighted by molar-refractivity contribution is 7.89. The zero-order chi connectivity index (χ0) is 12.2. The summed E-state index contributed by atoms with van der Waals surface area (Å²) in [6, 6.07) is 5.98. The quantitative estimate of drug-likeness (QED) is 0.571. The van der Waals surface area contributed by atoms with Crippen LogP contribution in [0.5, 0.6) is 0 Å². The minimum Gasteiger partial charge on any atom is -0.378 e. The average Bonchev–Trinajstić information content (AvgIpc) is 2.16. The zero-order valence-electron chi connectivity index (χ0n) is 8.29. The summed E-state index contributed by atoms with van der Waals surface area (Å²) in [6.45, 7) is 0.0314. The second kappa shape index (κ2) is 4.90. The molecule has 3 N–H and O–H groups in total. The number of hydrogen-bond donors (Lipinski definition) is 2. The van der Waals surface area contributed by atoms with Crippen LogP contribution in [-0.4, -0.2) is 25.6 Å². The fraction of sp³-hybridized carbons (Fsp3) is 0.250. The Kier molecular flexibility index (Phi) is 3.80. The molecule has 0 unspecified atom stereocenters. The molecular formula is C8H11N3O4S. The van der Waals surface area contributed by atoms with Crippen LogP contribution in [0.15, 0.2) is 24.3 Å². The summed E-state index contributed by atoms with van der Waals surface area (Å²) >= 11 is 0. The number of nitrogens with two attached hydrogens (primary N) is 1. The molecule has 8 heteroatoms. The molecule has 0 aromatic heterocycles. The molecule has 0 atom stereocenters. The van der Waals surface area contributed by atoms with Crippen LogP contribution in [0.2, 0.25) is 0 Å². The number of nitrogens with one attached hydrogen (secondary N) is 1. The van der Waals surface area contributed by atoms with E-state index >= 15 is 0 Å². The molecule has 0 aliphatic carbocycles. The van der Waals surface area contributed by atoms with E-state index in [1.165, 1.54) is 18.2 Å². The van der Waals surface area contributed by atoms with Gasteiger partial charge in [-0.25, -0.2) is 13.6 Å². The Morgan fingerprint density at radius 3 is 2.56 bits per heavy atom. The van der Waals surface area contributed by atoms with Crippen LogP contribution in [0.1, 0.15) is 0 Å². The van der Waals surface area contributed by atoms with Gasteiger partial charge in [0.15, 0.2) is 0 Å². The minimum absolute atomic E-state index is 0.0314. The number of nitro benzene ring substituents is 1. The number of sulfonamides is 1. The third kappa shape index (κ3) is 3.83. The van der Waals surface area contributed by atoms with Gasteiger partial charge in [-0.15, -0.1) is 0 Å². The van der Waals surface area contributed by atoms with Gasteiger partial charge in [-0.2, -0.15) is 0 Å². The molecule has 88 valence electrons. The predicted molar refractivity (Wildman–Crippen MR) is 59.6 cm³/mol. The number of benzene rings is 1. The number of para-hydroxylation sites is 2. The van der Waals surface area contributed by atoms with E-state index in [-0.39, 0.29) is 23.7 Å².